The second-order valence-corrected chi connectivity index (χ2v) is 4.31. The van der Waals surface area contributed by atoms with Gasteiger partial charge in [0, 0.05) is 12.6 Å². The Hall–Kier alpha value is -0.290. The minimum absolute atomic E-state index is 0.224. The Kier molecular flexibility index (Phi) is 4.40. The minimum Gasteiger partial charge on any atom is -0.313 e. The van der Waals surface area contributed by atoms with Gasteiger partial charge in [0.1, 0.15) is 0 Å². The second kappa shape index (κ2) is 5.16. The molecule has 5 heteroatoms. The molecule has 1 rings (SSSR count). The van der Waals surface area contributed by atoms with Gasteiger partial charge in [0.05, 0.1) is 6.54 Å². The van der Waals surface area contributed by atoms with Crippen LogP contribution in [0, 0.1) is 5.92 Å². The number of hydrogen-bond donors (Lipinski definition) is 1. The summed E-state index contributed by atoms with van der Waals surface area (Å²) in [6.07, 6.45) is -1.79. The van der Waals surface area contributed by atoms with E-state index < -0.39 is 12.7 Å². The van der Waals surface area contributed by atoms with E-state index >= 15 is 0 Å². The molecule has 1 unspecified atom stereocenters. The van der Waals surface area contributed by atoms with Crippen molar-refractivity contribution in [2.24, 2.45) is 5.92 Å². The third-order valence-corrected chi connectivity index (χ3v) is 2.61. The van der Waals surface area contributed by atoms with E-state index in [0.29, 0.717) is 12.5 Å². The van der Waals surface area contributed by atoms with Crippen LogP contribution in [-0.2, 0) is 0 Å². The zero-order valence-corrected chi connectivity index (χ0v) is 9.27. The Labute approximate surface area is 88.8 Å². The fraction of sp³-hybridized carbons (Fsp3) is 1.00. The highest BCUT2D eigenvalue weighted by molar-refractivity contribution is 4.88. The summed E-state index contributed by atoms with van der Waals surface area (Å²) in [6, 6.07) is 0.224. The van der Waals surface area contributed by atoms with E-state index in [1.807, 2.05) is 6.92 Å². The van der Waals surface area contributed by atoms with E-state index in [1.54, 1.807) is 0 Å². The maximum atomic E-state index is 12.1. The van der Waals surface area contributed by atoms with Gasteiger partial charge in [-0.3, -0.25) is 4.90 Å². The third kappa shape index (κ3) is 5.37. The Morgan fingerprint density at radius 2 is 2.00 bits per heavy atom. The van der Waals surface area contributed by atoms with Gasteiger partial charge < -0.3 is 5.32 Å². The standard InChI is InChI=1S/C10H19F3N2/c1-3-14-9(8-4-5-8)6-15(2)7-10(11,12)13/h8-9,14H,3-7H2,1-2H3. The molecule has 1 fully saturated rings. The molecule has 1 N–H and O–H groups in total. The normalized spacial score (nSPS) is 19.6. The fourth-order valence-electron chi connectivity index (χ4n) is 1.85. The van der Waals surface area contributed by atoms with Crippen LogP contribution in [0.3, 0.4) is 0 Å². The number of halogens is 3. The monoisotopic (exact) mass is 224 g/mol. The molecule has 0 radical (unpaired) electrons. The molecular weight excluding hydrogens is 205 g/mol. The van der Waals surface area contributed by atoms with Crippen molar-refractivity contribution in [3.05, 3.63) is 0 Å². The summed E-state index contributed by atoms with van der Waals surface area (Å²) in [5, 5.41) is 3.25. The zero-order chi connectivity index (χ0) is 11.5. The maximum Gasteiger partial charge on any atom is 0.401 e. The van der Waals surface area contributed by atoms with Gasteiger partial charge in [0.25, 0.3) is 0 Å². The van der Waals surface area contributed by atoms with Gasteiger partial charge in [0.2, 0.25) is 0 Å². The molecule has 0 bridgehead atoms. The molecule has 1 saturated carbocycles. The third-order valence-electron chi connectivity index (χ3n) is 2.61. The first-order valence-electron chi connectivity index (χ1n) is 5.41. The Morgan fingerprint density at radius 3 is 2.40 bits per heavy atom. The average Bonchev–Trinajstić information content (AvgIpc) is 2.81. The van der Waals surface area contributed by atoms with Gasteiger partial charge in [-0.05, 0) is 32.4 Å². The van der Waals surface area contributed by atoms with Crippen molar-refractivity contribution < 1.29 is 13.2 Å². The molecule has 0 spiro atoms. The van der Waals surface area contributed by atoms with Gasteiger partial charge in [-0.25, -0.2) is 0 Å². The Morgan fingerprint density at radius 1 is 1.40 bits per heavy atom. The van der Waals surface area contributed by atoms with Crippen molar-refractivity contribution >= 4 is 0 Å². The lowest BCUT2D eigenvalue weighted by Gasteiger charge is -2.25. The number of alkyl halides is 3. The summed E-state index contributed by atoms with van der Waals surface area (Å²) >= 11 is 0. The van der Waals surface area contributed by atoms with E-state index in [1.165, 1.54) is 11.9 Å². The molecule has 0 saturated heterocycles. The first-order valence-corrected chi connectivity index (χ1v) is 5.41. The minimum atomic E-state index is -4.09. The highest BCUT2D eigenvalue weighted by Crippen LogP contribution is 2.33. The smallest absolute Gasteiger partial charge is 0.313 e. The fourth-order valence-corrected chi connectivity index (χ4v) is 1.85. The van der Waals surface area contributed by atoms with Gasteiger partial charge in [-0.15, -0.1) is 0 Å². The van der Waals surface area contributed by atoms with Crippen LogP contribution in [0.5, 0.6) is 0 Å². The molecule has 0 heterocycles. The van der Waals surface area contributed by atoms with E-state index in [9.17, 15) is 13.2 Å². The second-order valence-electron chi connectivity index (χ2n) is 4.31. The molecule has 15 heavy (non-hydrogen) atoms. The van der Waals surface area contributed by atoms with Crippen LogP contribution in [0.2, 0.25) is 0 Å². The lowest BCUT2D eigenvalue weighted by molar-refractivity contribution is -0.143. The van der Waals surface area contributed by atoms with E-state index in [2.05, 4.69) is 5.32 Å². The first-order chi connectivity index (χ1) is 6.92. The molecule has 0 aliphatic heterocycles. The summed E-state index contributed by atoms with van der Waals surface area (Å²) in [5.74, 6) is 0.584. The van der Waals surface area contributed by atoms with Crippen molar-refractivity contribution in [2.75, 3.05) is 26.7 Å². The number of hydrogen-bond acceptors (Lipinski definition) is 2. The Balaban J connectivity index is 2.30. The van der Waals surface area contributed by atoms with Gasteiger partial charge in [-0.1, -0.05) is 6.92 Å². The largest absolute Gasteiger partial charge is 0.401 e. The highest BCUT2D eigenvalue weighted by Gasteiger charge is 2.34. The van der Waals surface area contributed by atoms with Crippen LogP contribution in [0.1, 0.15) is 19.8 Å². The maximum absolute atomic E-state index is 12.1. The van der Waals surface area contributed by atoms with Crippen LogP contribution in [-0.4, -0.2) is 43.8 Å². The predicted octanol–water partition coefficient (Wildman–Crippen LogP) is 1.87. The SMILES string of the molecule is CCNC(CN(C)CC(F)(F)F)C1CC1. The summed E-state index contributed by atoms with van der Waals surface area (Å²) in [4.78, 5) is 1.35. The molecule has 1 aliphatic rings. The molecule has 0 aromatic rings. The molecule has 90 valence electrons. The molecular formula is C10H19F3N2. The molecule has 0 aromatic heterocycles. The summed E-state index contributed by atoms with van der Waals surface area (Å²) in [5.41, 5.74) is 0. The number of nitrogens with zero attached hydrogens (tertiary/aromatic N) is 1. The van der Waals surface area contributed by atoms with Crippen molar-refractivity contribution in [2.45, 2.75) is 32.0 Å². The van der Waals surface area contributed by atoms with Crippen LogP contribution < -0.4 is 5.32 Å². The van der Waals surface area contributed by atoms with Crippen molar-refractivity contribution in [3.8, 4) is 0 Å². The van der Waals surface area contributed by atoms with Gasteiger partial charge >= 0.3 is 6.18 Å². The Bertz CT molecular complexity index is 190. The topological polar surface area (TPSA) is 15.3 Å². The lowest BCUT2D eigenvalue weighted by atomic mass is 10.1. The van der Waals surface area contributed by atoms with Crippen molar-refractivity contribution in [1.82, 2.24) is 10.2 Å². The van der Waals surface area contributed by atoms with E-state index in [0.717, 1.165) is 19.4 Å². The molecule has 1 atom stereocenters. The quantitative estimate of drug-likeness (QED) is 0.741. The number of rotatable bonds is 6. The molecule has 0 aromatic carbocycles. The number of nitrogens with one attached hydrogen (secondary N) is 1. The van der Waals surface area contributed by atoms with Gasteiger partial charge in [0.15, 0.2) is 0 Å². The predicted molar refractivity (Wildman–Crippen MR) is 53.7 cm³/mol. The lowest BCUT2D eigenvalue weighted by Crippen LogP contribution is -2.43. The van der Waals surface area contributed by atoms with Crippen LogP contribution in [0.4, 0.5) is 13.2 Å². The molecule has 2 nitrogen and oxygen atoms in total. The summed E-state index contributed by atoms with van der Waals surface area (Å²) < 4.78 is 36.3. The van der Waals surface area contributed by atoms with E-state index in [4.69, 9.17) is 0 Å². The van der Waals surface area contributed by atoms with Crippen LogP contribution in [0.25, 0.3) is 0 Å². The van der Waals surface area contributed by atoms with Crippen molar-refractivity contribution in [1.29, 1.82) is 0 Å². The van der Waals surface area contributed by atoms with Gasteiger partial charge in [-0.2, -0.15) is 13.2 Å². The highest BCUT2D eigenvalue weighted by atomic mass is 19.4. The van der Waals surface area contributed by atoms with E-state index in [-0.39, 0.29) is 6.04 Å². The van der Waals surface area contributed by atoms with Crippen LogP contribution >= 0.6 is 0 Å². The average molecular weight is 224 g/mol. The molecule has 1 aliphatic carbocycles. The van der Waals surface area contributed by atoms with Crippen LogP contribution in [0.15, 0.2) is 0 Å². The first kappa shape index (κ1) is 12.8. The zero-order valence-electron chi connectivity index (χ0n) is 9.27. The number of likely N-dealkylation sites (N-methyl/N-ethyl adjacent to an activating group) is 2. The van der Waals surface area contributed by atoms with Crippen molar-refractivity contribution in [3.63, 3.8) is 0 Å². The summed E-state index contributed by atoms with van der Waals surface area (Å²) in [7, 11) is 1.53. The molecule has 0 amide bonds. The summed E-state index contributed by atoms with van der Waals surface area (Å²) in [6.45, 7) is 2.47.